The second-order valence-electron chi connectivity index (χ2n) is 6.01. The largest absolute Gasteiger partial charge is 0.441 e. The summed E-state index contributed by atoms with van der Waals surface area (Å²) in [6.45, 7) is 4.54. The third kappa shape index (κ3) is 5.05. The Bertz CT molecular complexity index is 986. The van der Waals surface area contributed by atoms with Crippen molar-refractivity contribution in [2.24, 2.45) is 0 Å². The Hall–Kier alpha value is -2.51. The van der Waals surface area contributed by atoms with Gasteiger partial charge in [-0.3, -0.25) is 4.79 Å². The van der Waals surface area contributed by atoms with Crippen LogP contribution < -0.4 is 0 Å². The van der Waals surface area contributed by atoms with Gasteiger partial charge in [0.2, 0.25) is 5.91 Å². The van der Waals surface area contributed by atoms with Crippen LogP contribution in [0.3, 0.4) is 0 Å². The molecule has 146 valence electrons. The van der Waals surface area contributed by atoms with E-state index in [0.717, 1.165) is 17.0 Å². The van der Waals surface area contributed by atoms with Crippen LogP contribution in [0.1, 0.15) is 17.2 Å². The van der Waals surface area contributed by atoms with Gasteiger partial charge in [0.15, 0.2) is 11.7 Å². The standard InChI is InChI=1S/C20H17ClF2N2O2S/c1-2-9-25(12-14-4-6-18(21)28-14)20(26)8-7-19-24-11-17(27-19)15-5-3-13(22)10-16(15)23/h2-6,10-11H,1,7-9,12H2. The molecule has 0 saturated heterocycles. The smallest absolute Gasteiger partial charge is 0.223 e. The predicted molar refractivity (Wildman–Crippen MR) is 105 cm³/mol. The van der Waals surface area contributed by atoms with E-state index < -0.39 is 11.6 Å². The minimum Gasteiger partial charge on any atom is -0.441 e. The van der Waals surface area contributed by atoms with Crippen molar-refractivity contribution in [2.75, 3.05) is 6.54 Å². The molecule has 8 heteroatoms. The molecule has 1 amide bonds. The van der Waals surface area contributed by atoms with E-state index in [9.17, 15) is 13.6 Å². The highest BCUT2D eigenvalue weighted by Crippen LogP contribution is 2.25. The first-order valence-corrected chi connectivity index (χ1v) is 9.68. The van der Waals surface area contributed by atoms with Gasteiger partial charge in [-0.05, 0) is 24.3 Å². The molecule has 3 aromatic rings. The topological polar surface area (TPSA) is 46.3 Å². The molecule has 0 aliphatic carbocycles. The zero-order valence-corrected chi connectivity index (χ0v) is 16.4. The van der Waals surface area contributed by atoms with Gasteiger partial charge in [0.05, 0.1) is 22.6 Å². The molecule has 2 heterocycles. The van der Waals surface area contributed by atoms with E-state index in [0.29, 0.717) is 23.3 Å². The lowest BCUT2D eigenvalue weighted by molar-refractivity contribution is -0.131. The lowest BCUT2D eigenvalue weighted by atomic mass is 10.2. The van der Waals surface area contributed by atoms with E-state index in [1.165, 1.54) is 23.6 Å². The number of hydrogen-bond acceptors (Lipinski definition) is 4. The number of thiophene rings is 1. The highest BCUT2D eigenvalue weighted by Gasteiger charge is 2.17. The van der Waals surface area contributed by atoms with Crippen molar-refractivity contribution in [1.29, 1.82) is 0 Å². The summed E-state index contributed by atoms with van der Waals surface area (Å²) in [6, 6.07) is 6.90. The Morgan fingerprint density at radius 2 is 2.14 bits per heavy atom. The van der Waals surface area contributed by atoms with Crippen molar-refractivity contribution >= 4 is 28.8 Å². The maximum Gasteiger partial charge on any atom is 0.223 e. The number of rotatable bonds is 8. The van der Waals surface area contributed by atoms with Crippen molar-refractivity contribution < 1.29 is 18.0 Å². The van der Waals surface area contributed by atoms with Crippen molar-refractivity contribution in [3.05, 3.63) is 75.9 Å². The van der Waals surface area contributed by atoms with Gasteiger partial charge in [-0.1, -0.05) is 17.7 Å². The number of halogens is 3. The molecule has 0 N–H and O–H groups in total. The summed E-state index contributed by atoms with van der Waals surface area (Å²) in [5.41, 5.74) is 0.120. The molecule has 0 unspecified atom stereocenters. The second-order valence-corrected chi connectivity index (χ2v) is 7.81. The van der Waals surface area contributed by atoms with Crippen LogP contribution in [0.25, 0.3) is 11.3 Å². The lowest BCUT2D eigenvalue weighted by Crippen LogP contribution is -2.30. The highest BCUT2D eigenvalue weighted by molar-refractivity contribution is 7.16. The van der Waals surface area contributed by atoms with Gasteiger partial charge in [-0.15, -0.1) is 17.9 Å². The highest BCUT2D eigenvalue weighted by atomic mass is 35.5. The van der Waals surface area contributed by atoms with Crippen LogP contribution in [0.15, 0.2) is 53.6 Å². The molecule has 0 radical (unpaired) electrons. The fourth-order valence-corrected chi connectivity index (χ4v) is 3.75. The van der Waals surface area contributed by atoms with Crippen LogP contribution in [0.2, 0.25) is 4.34 Å². The van der Waals surface area contributed by atoms with Gasteiger partial charge in [-0.25, -0.2) is 13.8 Å². The van der Waals surface area contributed by atoms with Crippen LogP contribution in [0, 0.1) is 11.6 Å². The molecule has 28 heavy (non-hydrogen) atoms. The molecule has 4 nitrogen and oxygen atoms in total. The van der Waals surface area contributed by atoms with Gasteiger partial charge < -0.3 is 9.32 Å². The number of carbonyl (C=O) groups excluding carboxylic acids is 1. The normalized spacial score (nSPS) is 10.8. The first-order valence-electron chi connectivity index (χ1n) is 8.49. The Morgan fingerprint density at radius 1 is 1.32 bits per heavy atom. The van der Waals surface area contributed by atoms with Gasteiger partial charge in [0.1, 0.15) is 11.6 Å². The number of aromatic nitrogens is 1. The number of carbonyl (C=O) groups is 1. The predicted octanol–water partition coefficient (Wildman–Crippen LogP) is 5.48. The van der Waals surface area contributed by atoms with Gasteiger partial charge in [0, 0.05) is 30.3 Å². The zero-order valence-electron chi connectivity index (χ0n) is 14.8. The molecule has 0 aliphatic heterocycles. The van der Waals surface area contributed by atoms with Crippen LogP contribution in [-0.2, 0) is 17.8 Å². The van der Waals surface area contributed by atoms with Gasteiger partial charge >= 0.3 is 0 Å². The molecule has 0 fully saturated rings. The zero-order chi connectivity index (χ0) is 20.1. The fourth-order valence-electron chi connectivity index (χ4n) is 2.65. The maximum absolute atomic E-state index is 13.9. The maximum atomic E-state index is 13.9. The average Bonchev–Trinajstić information content (AvgIpc) is 3.28. The van der Waals surface area contributed by atoms with Crippen molar-refractivity contribution in [3.8, 4) is 11.3 Å². The monoisotopic (exact) mass is 422 g/mol. The number of nitrogens with zero attached hydrogens (tertiary/aromatic N) is 2. The van der Waals surface area contributed by atoms with E-state index >= 15 is 0 Å². The second kappa shape index (κ2) is 9.12. The van der Waals surface area contributed by atoms with E-state index in [4.69, 9.17) is 16.0 Å². The van der Waals surface area contributed by atoms with Crippen molar-refractivity contribution in [3.63, 3.8) is 0 Å². The van der Waals surface area contributed by atoms with Crippen LogP contribution >= 0.6 is 22.9 Å². The molecule has 0 saturated carbocycles. The molecule has 2 aromatic heterocycles. The number of hydrogen-bond donors (Lipinski definition) is 0. The third-order valence-electron chi connectivity index (χ3n) is 3.98. The summed E-state index contributed by atoms with van der Waals surface area (Å²) in [6.07, 6.45) is 3.47. The SMILES string of the molecule is C=CCN(Cc1ccc(Cl)s1)C(=O)CCc1ncc(-c2ccc(F)cc2F)o1. The van der Waals surface area contributed by atoms with E-state index in [1.807, 2.05) is 6.07 Å². The Morgan fingerprint density at radius 3 is 2.82 bits per heavy atom. The number of oxazole rings is 1. The summed E-state index contributed by atoms with van der Waals surface area (Å²) in [5, 5.41) is 0. The van der Waals surface area contributed by atoms with Gasteiger partial charge in [0.25, 0.3) is 0 Å². The summed E-state index contributed by atoms with van der Waals surface area (Å²) in [5.74, 6) is -0.982. The molecule has 0 spiro atoms. The quantitative estimate of drug-likeness (QED) is 0.451. The van der Waals surface area contributed by atoms with Crippen LogP contribution in [0.4, 0.5) is 8.78 Å². The molecule has 0 atom stereocenters. The van der Waals surface area contributed by atoms with E-state index in [2.05, 4.69) is 11.6 Å². The van der Waals surface area contributed by atoms with E-state index in [1.54, 1.807) is 17.0 Å². The fraction of sp³-hybridized carbons (Fsp3) is 0.200. The Labute approximate surface area is 170 Å². The molecular formula is C20H17ClF2N2O2S. The van der Waals surface area contributed by atoms with Gasteiger partial charge in [-0.2, -0.15) is 0 Å². The van der Waals surface area contributed by atoms with Crippen LogP contribution in [0.5, 0.6) is 0 Å². The summed E-state index contributed by atoms with van der Waals surface area (Å²) in [7, 11) is 0. The summed E-state index contributed by atoms with van der Waals surface area (Å²) >= 11 is 7.36. The minimum atomic E-state index is -0.731. The molecule has 1 aromatic carbocycles. The van der Waals surface area contributed by atoms with Crippen molar-refractivity contribution in [2.45, 2.75) is 19.4 Å². The number of amides is 1. The van der Waals surface area contributed by atoms with Crippen molar-refractivity contribution in [1.82, 2.24) is 9.88 Å². The minimum absolute atomic E-state index is 0.0860. The lowest BCUT2D eigenvalue weighted by Gasteiger charge is -2.20. The first-order chi connectivity index (χ1) is 13.5. The van der Waals surface area contributed by atoms with E-state index in [-0.39, 0.29) is 30.1 Å². The molecule has 0 bridgehead atoms. The number of aryl methyl sites for hydroxylation is 1. The summed E-state index contributed by atoms with van der Waals surface area (Å²) in [4.78, 5) is 19.3. The first kappa shape index (κ1) is 20.2. The molecular weight excluding hydrogens is 406 g/mol. The Kier molecular flexibility index (Phi) is 6.59. The third-order valence-corrected chi connectivity index (χ3v) is 5.20. The Balaban J connectivity index is 1.63. The summed E-state index contributed by atoms with van der Waals surface area (Å²) < 4.78 is 33.1. The molecule has 3 rings (SSSR count). The van der Waals surface area contributed by atoms with Crippen LogP contribution in [-0.4, -0.2) is 22.3 Å². The average molecular weight is 423 g/mol. The number of benzene rings is 1. The molecule has 0 aliphatic rings.